The van der Waals surface area contributed by atoms with Gasteiger partial charge in [0.15, 0.2) is 0 Å². The molecule has 2 N–H and O–H groups in total. The van der Waals surface area contributed by atoms with Crippen molar-refractivity contribution in [2.24, 2.45) is 17.1 Å². The third-order valence-corrected chi connectivity index (χ3v) is 1.88. The summed E-state index contributed by atoms with van der Waals surface area (Å²) < 4.78 is 5.04. The van der Waals surface area contributed by atoms with Crippen molar-refractivity contribution in [3.8, 4) is 0 Å². The molecule has 0 radical (unpaired) electrons. The fraction of sp³-hybridized carbons (Fsp3) is 1.00. The molecule has 0 amide bonds. The summed E-state index contributed by atoms with van der Waals surface area (Å²) in [6.45, 7) is 8.02. The Morgan fingerprint density at radius 1 is 1.40 bits per heavy atom. The quantitative estimate of drug-likeness (QED) is 0.648. The third-order valence-electron chi connectivity index (χ3n) is 1.88. The first kappa shape index (κ1) is 9.92. The molecule has 0 saturated heterocycles. The molecule has 0 aliphatic rings. The minimum absolute atomic E-state index is 0.269. The van der Waals surface area contributed by atoms with Crippen molar-refractivity contribution < 1.29 is 4.74 Å². The highest BCUT2D eigenvalue weighted by Crippen LogP contribution is 2.24. The Balaban J connectivity index is 3.81. The standard InChI is InChI=1S/C8H19NO/c1-8(2,3)7(5-9)6-10-4/h7H,5-6,9H2,1-4H3. The highest BCUT2D eigenvalue weighted by Gasteiger charge is 2.22. The summed E-state index contributed by atoms with van der Waals surface area (Å²) in [4.78, 5) is 0. The molecule has 1 atom stereocenters. The molecule has 0 saturated carbocycles. The summed E-state index contributed by atoms with van der Waals surface area (Å²) in [6, 6.07) is 0. The molecule has 0 aliphatic heterocycles. The molecular formula is C8H19NO. The topological polar surface area (TPSA) is 35.2 Å². The minimum Gasteiger partial charge on any atom is -0.384 e. The van der Waals surface area contributed by atoms with Gasteiger partial charge in [0.25, 0.3) is 0 Å². The second-order valence-electron chi connectivity index (χ2n) is 3.75. The van der Waals surface area contributed by atoms with Crippen LogP contribution in [0.2, 0.25) is 0 Å². The van der Waals surface area contributed by atoms with Crippen LogP contribution in [0, 0.1) is 11.3 Å². The minimum atomic E-state index is 0.269. The van der Waals surface area contributed by atoms with Gasteiger partial charge in [-0.3, -0.25) is 0 Å². The summed E-state index contributed by atoms with van der Waals surface area (Å²) in [5, 5.41) is 0. The van der Waals surface area contributed by atoms with Crippen molar-refractivity contribution in [1.29, 1.82) is 0 Å². The number of rotatable bonds is 3. The Hall–Kier alpha value is -0.0800. The van der Waals surface area contributed by atoms with Crippen LogP contribution < -0.4 is 5.73 Å². The smallest absolute Gasteiger partial charge is 0.0507 e. The summed E-state index contributed by atoms with van der Waals surface area (Å²) in [5.41, 5.74) is 5.83. The van der Waals surface area contributed by atoms with Crippen molar-refractivity contribution in [2.45, 2.75) is 20.8 Å². The fourth-order valence-corrected chi connectivity index (χ4v) is 0.873. The van der Waals surface area contributed by atoms with Gasteiger partial charge in [-0.05, 0) is 17.9 Å². The van der Waals surface area contributed by atoms with E-state index in [0.29, 0.717) is 12.5 Å². The van der Waals surface area contributed by atoms with Gasteiger partial charge in [-0.2, -0.15) is 0 Å². The van der Waals surface area contributed by atoms with Crippen LogP contribution in [0.25, 0.3) is 0 Å². The Bertz CT molecular complexity index is 85.7. The van der Waals surface area contributed by atoms with E-state index in [9.17, 15) is 0 Å². The van der Waals surface area contributed by atoms with Crippen LogP contribution in [-0.2, 0) is 4.74 Å². The number of nitrogens with two attached hydrogens (primary N) is 1. The Kier molecular flexibility index (Phi) is 3.91. The van der Waals surface area contributed by atoms with E-state index < -0.39 is 0 Å². The van der Waals surface area contributed by atoms with E-state index in [1.54, 1.807) is 7.11 Å². The zero-order chi connectivity index (χ0) is 8.20. The maximum atomic E-state index is 5.56. The van der Waals surface area contributed by atoms with Crippen molar-refractivity contribution in [3.63, 3.8) is 0 Å². The summed E-state index contributed by atoms with van der Waals surface area (Å²) in [7, 11) is 1.72. The maximum absolute atomic E-state index is 5.56. The van der Waals surface area contributed by atoms with Crippen LogP contribution in [0.1, 0.15) is 20.8 Å². The monoisotopic (exact) mass is 145 g/mol. The molecule has 0 heterocycles. The van der Waals surface area contributed by atoms with Crippen LogP contribution >= 0.6 is 0 Å². The third kappa shape index (κ3) is 3.18. The number of ether oxygens (including phenoxy) is 1. The predicted molar refractivity (Wildman–Crippen MR) is 43.9 cm³/mol. The van der Waals surface area contributed by atoms with Crippen molar-refractivity contribution in [2.75, 3.05) is 20.3 Å². The lowest BCUT2D eigenvalue weighted by Gasteiger charge is -2.28. The molecule has 0 bridgehead atoms. The zero-order valence-electron chi connectivity index (χ0n) is 7.48. The zero-order valence-corrected chi connectivity index (χ0v) is 7.48. The van der Waals surface area contributed by atoms with E-state index in [4.69, 9.17) is 10.5 Å². The van der Waals surface area contributed by atoms with Gasteiger partial charge in [0, 0.05) is 7.11 Å². The number of hydrogen-bond donors (Lipinski definition) is 1. The van der Waals surface area contributed by atoms with E-state index in [1.165, 1.54) is 0 Å². The highest BCUT2D eigenvalue weighted by molar-refractivity contribution is 4.73. The Labute approximate surface area is 63.7 Å². The van der Waals surface area contributed by atoms with E-state index in [1.807, 2.05) is 0 Å². The number of methoxy groups -OCH3 is 1. The summed E-state index contributed by atoms with van der Waals surface area (Å²) in [6.07, 6.45) is 0. The van der Waals surface area contributed by atoms with Crippen LogP contribution in [0.5, 0.6) is 0 Å². The average Bonchev–Trinajstić information content (AvgIpc) is 1.80. The first-order valence-corrected chi connectivity index (χ1v) is 3.71. The van der Waals surface area contributed by atoms with Gasteiger partial charge in [0.05, 0.1) is 6.61 Å². The van der Waals surface area contributed by atoms with Crippen LogP contribution in [0.3, 0.4) is 0 Å². The second-order valence-corrected chi connectivity index (χ2v) is 3.75. The Morgan fingerprint density at radius 3 is 2.00 bits per heavy atom. The summed E-state index contributed by atoms with van der Waals surface area (Å²) >= 11 is 0. The van der Waals surface area contributed by atoms with Crippen LogP contribution in [-0.4, -0.2) is 20.3 Å². The van der Waals surface area contributed by atoms with Gasteiger partial charge in [0.1, 0.15) is 0 Å². The van der Waals surface area contributed by atoms with E-state index in [0.717, 1.165) is 6.61 Å². The highest BCUT2D eigenvalue weighted by atomic mass is 16.5. The van der Waals surface area contributed by atoms with Gasteiger partial charge >= 0.3 is 0 Å². The SMILES string of the molecule is COCC(CN)C(C)(C)C. The second kappa shape index (κ2) is 3.94. The van der Waals surface area contributed by atoms with Crippen molar-refractivity contribution in [1.82, 2.24) is 0 Å². The molecule has 0 aromatic rings. The predicted octanol–water partition coefficient (Wildman–Crippen LogP) is 1.25. The van der Waals surface area contributed by atoms with Crippen molar-refractivity contribution in [3.05, 3.63) is 0 Å². The molecule has 2 heteroatoms. The van der Waals surface area contributed by atoms with Crippen molar-refractivity contribution >= 4 is 0 Å². The van der Waals surface area contributed by atoms with Gasteiger partial charge in [0.2, 0.25) is 0 Å². The van der Waals surface area contributed by atoms with Gasteiger partial charge < -0.3 is 10.5 Å². The molecule has 0 fully saturated rings. The van der Waals surface area contributed by atoms with E-state index in [2.05, 4.69) is 20.8 Å². The summed E-state index contributed by atoms with van der Waals surface area (Å²) in [5.74, 6) is 0.470. The molecule has 0 rings (SSSR count). The molecule has 2 nitrogen and oxygen atoms in total. The lowest BCUT2D eigenvalue weighted by Crippen LogP contribution is -2.31. The lowest BCUT2D eigenvalue weighted by molar-refractivity contribution is 0.0953. The average molecular weight is 145 g/mol. The molecule has 0 spiro atoms. The van der Waals surface area contributed by atoms with Gasteiger partial charge in [-0.25, -0.2) is 0 Å². The van der Waals surface area contributed by atoms with Crippen LogP contribution in [0.15, 0.2) is 0 Å². The first-order chi connectivity index (χ1) is 4.52. The largest absolute Gasteiger partial charge is 0.384 e. The molecule has 0 aromatic heterocycles. The fourth-order valence-electron chi connectivity index (χ4n) is 0.873. The Morgan fingerprint density at radius 2 is 1.90 bits per heavy atom. The van der Waals surface area contributed by atoms with Gasteiger partial charge in [-0.1, -0.05) is 20.8 Å². The number of hydrogen-bond acceptors (Lipinski definition) is 2. The van der Waals surface area contributed by atoms with Crippen LogP contribution in [0.4, 0.5) is 0 Å². The maximum Gasteiger partial charge on any atom is 0.0507 e. The first-order valence-electron chi connectivity index (χ1n) is 3.71. The molecule has 0 aromatic carbocycles. The molecular weight excluding hydrogens is 126 g/mol. The van der Waals surface area contributed by atoms with E-state index >= 15 is 0 Å². The lowest BCUT2D eigenvalue weighted by atomic mass is 9.81. The molecule has 10 heavy (non-hydrogen) atoms. The molecule has 62 valence electrons. The normalized spacial score (nSPS) is 15.3. The van der Waals surface area contributed by atoms with Gasteiger partial charge in [-0.15, -0.1) is 0 Å². The van der Waals surface area contributed by atoms with E-state index in [-0.39, 0.29) is 5.41 Å². The molecule has 0 aliphatic carbocycles. The molecule has 1 unspecified atom stereocenters.